The van der Waals surface area contributed by atoms with Crippen LogP contribution < -0.4 is 5.32 Å². The molecule has 0 radical (unpaired) electrons. The highest BCUT2D eigenvalue weighted by atomic mass is 35.5. The molecule has 17 heavy (non-hydrogen) atoms. The molecule has 0 aliphatic rings. The Morgan fingerprint density at radius 2 is 2.12 bits per heavy atom. The number of hydrogen-bond acceptors (Lipinski definition) is 5. The van der Waals surface area contributed by atoms with E-state index in [0.717, 1.165) is 0 Å². The molecule has 0 bridgehead atoms. The fourth-order valence-corrected chi connectivity index (χ4v) is 1.97. The minimum atomic E-state index is -4.20. The highest BCUT2D eigenvalue weighted by Gasteiger charge is 2.27. The molecule has 96 valence electrons. The van der Waals surface area contributed by atoms with Gasteiger partial charge in [-0.3, -0.25) is 0 Å². The van der Waals surface area contributed by atoms with E-state index in [1.165, 1.54) is 17.8 Å². The predicted molar refractivity (Wildman–Crippen MR) is 65.8 cm³/mol. The van der Waals surface area contributed by atoms with Crippen LogP contribution in [0.2, 0.25) is 5.15 Å². The maximum Gasteiger partial charge on any atom is 0.441 e. The van der Waals surface area contributed by atoms with Crippen molar-refractivity contribution in [3.05, 3.63) is 11.2 Å². The van der Waals surface area contributed by atoms with Crippen LogP contribution in [0.3, 0.4) is 0 Å². The van der Waals surface area contributed by atoms with Crippen molar-refractivity contribution in [2.45, 2.75) is 10.7 Å². The second kappa shape index (κ2) is 6.55. The third-order valence-corrected chi connectivity index (χ3v) is 3.01. The van der Waals surface area contributed by atoms with Gasteiger partial charge in [0.15, 0.2) is 5.16 Å². The van der Waals surface area contributed by atoms with Crippen LogP contribution in [0.15, 0.2) is 11.2 Å². The Morgan fingerprint density at radius 1 is 1.41 bits per heavy atom. The van der Waals surface area contributed by atoms with Crippen LogP contribution in [0.25, 0.3) is 0 Å². The number of nitrogens with one attached hydrogen (secondary N) is 1. The van der Waals surface area contributed by atoms with Crippen molar-refractivity contribution in [3.63, 3.8) is 0 Å². The molecule has 3 nitrogen and oxygen atoms in total. The Hall–Kier alpha value is -0.340. The number of rotatable bonds is 5. The van der Waals surface area contributed by atoms with Crippen LogP contribution in [-0.2, 0) is 0 Å². The molecule has 1 N–H and O–H groups in total. The van der Waals surface area contributed by atoms with Gasteiger partial charge in [-0.15, -0.1) is 0 Å². The first-order valence-electron chi connectivity index (χ1n) is 4.44. The highest BCUT2D eigenvalue weighted by Crippen LogP contribution is 2.29. The molecule has 1 aromatic rings. The van der Waals surface area contributed by atoms with Gasteiger partial charge in [0.2, 0.25) is 0 Å². The summed E-state index contributed by atoms with van der Waals surface area (Å²) in [5, 5.41) is 3.50. The number of anilines is 1. The van der Waals surface area contributed by atoms with Gasteiger partial charge in [0.05, 0.1) is 0 Å². The lowest BCUT2D eigenvalue weighted by Gasteiger charge is -2.08. The van der Waals surface area contributed by atoms with E-state index in [4.69, 9.17) is 11.6 Å². The smallest absolute Gasteiger partial charge is 0.369 e. The predicted octanol–water partition coefficient (Wildman–Crippen LogP) is 3.52. The molecule has 0 aliphatic carbocycles. The molecule has 0 aromatic carbocycles. The average Bonchev–Trinajstić information content (AvgIpc) is 2.22. The van der Waals surface area contributed by atoms with Crippen molar-refractivity contribution >= 4 is 40.9 Å². The molecular formula is C8H9ClF3N3S2. The zero-order chi connectivity index (χ0) is 12.9. The lowest BCUT2D eigenvalue weighted by atomic mass is 10.5. The summed E-state index contributed by atoms with van der Waals surface area (Å²) in [5.74, 6) is 0.344. The van der Waals surface area contributed by atoms with E-state index in [1.807, 2.05) is 0 Å². The number of aromatic nitrogens is 2. The molecule has 1 aromatic heterocycles. The summed E-state index contributed by atoms with van der Waals surface area (Å²) < 4.78 is 35.5. The summed E-state index contributed by atoms with van der Waals surface area (Å²) in [4.78, 5) is 7.96. The van der Waals surface area contributed by atoms with Crippen molar-refractivity contribution in [2.24, 2.45) is 0 Å². The van der Waals surface area contributed by atoms with Gasteiger partial charge >= 0.3 is 5.51 Å². The lowest BCUT2D eigenvalue weighted by Crippen LogP contribution is -2.10. The van der Waals surface area contributed by atoms with Crippen molar-refractivity contribution in [2.75, 3.05) is 23.9 Å². The van der Waals surface area contributed by atoms with E-state index in [2.05, 4.69) is 15.3 Å². The zero-order valence-electron chi connectivity index (χ0n) is 8.71. The SMILES string of the molecule is CSc1nc(Cl)cc(NCCSC(F)(F)F)n1. The van der Waals surface area contributed by atoms with E-state index in [-0.39, 0.29) is 29.2 Å². The Kier molecular flexibility index (Phi) is 5.68. The first-order valence-corrected chi connectivity index (χ1v) is 7.02. The monoisotopic (exact) mass is 303 g/mol. The van der Waals surface area contributed by atoms with E-state index >= 15 is 0 Å². The van der Waals surface area contributed by atoms with Gasteiger partial charge in [-0.2, -0.15) is 13.2 Å². The second-order valence-corrected chi connectivity index (χ2v) is 5.10. The summed E-state index contributed by atoms with van der Waals surface area (Å²) in [6, 6.07) is 1.47. The van der Waals surface area contributed by atoms with Crippen LogP contribution in [0.5, 0.6) is 0 Å². The molecule has 0 spiro atoms. The number of nitrogens with zero attached hydrogens (tertiary/aromatic N) is 2. The highest BCUT2D eigenvalue weighted by molar-refractivity contribution is 8.00. The number of halogens is 4. The van der Waals surface area contributed by atoms with E-state index < -0.39 is 5.51 Å². The largest absolute Gasteiger partial charge is 0.441 e. The quantitative estimate of drug-likeness (QED) is 0.390. The first kappa shape index (κ1) is 14.7. The summed E-state index contributed by atoms with van der Waals surface area (Å²) >= 11 is 6.96. The van der Waals surface area contributed by atoms with Gasteiger partial charge in [-0.05, 0) is 18.0 Å². The molecule has 0 fully saturated rings. The number of thioether (sulfide) groups is 2. The van der Waals surface area contributed by atoms with Crippen LogP contribution in [0.1, 0.15) is 0 Å². The van der Waals surface area contributed by atoms with E-state index in [9.17, 15) is 13.2 Å². The molecule has 0 saturated carbocycles. The third kappa shape index (κ3) is 6.23. The number of hydrogen-bond donors (Lipinski definition) is 1. The van der Waals surface area contributed by atoms with Crippen LogP contribution in [0, 0.1) is 0 Å². The van der Waals surface area contributed by atoms with E-state index in [0.29, 0.717) is 11.0 Å². The minimum absolute atomic E-state index is 0.0771. The van der Waals surface area contributed by atoms with Gasteiger partial charge < -0.3 is 5.32 Å². The topological polar surface area (TPSA) is 37.8 Å². The van der Waals surface area contributed by atoms with Crippen LogP contribution >= 0.6 is 35.1 Å². The fourth-order valence-electron chi connectivity index (χ4n) is 0.924. The van der Waals surface area contributed by atoms with Gasteiger partial charge in [0.25, 0.3) is 0 Å². The van der Waals surface area contributed by atoms with Gasteiger partial charge in [0, 0.05) is 18.4 Å². The maximum absolute atomic E-state index is 11.8. The Bertz CT molecular complexity index is 376. The zero-order valence-corrected chi connectivity index (χ0v) is 11.1. The molecule has 1 rings (SSSR count). The molecule has 0 atom stereocenters. The standard InChI is InChI=1S/C8H9ClF3N3S2/c1-16-7-14-5(9)4-6(15-7)13-2-3-17-8(10,11)12/h4H,2-3H2,1H3,(H,13,14,15). The van der Waals surface area contributed by atoms with Crippen LogP contribution in [0.4, 0.5) is 19.0 Å². The van der Waals surface area contributed by atoms with Crippen molar-refractivity contribution in [1.29, 1.82) is 0 Å². The van der Waals surface area contributed by atoms with E-state index in [1.54, 1.807) is 6.26 Å². The van der Waals surface area contributed by atoms with Gasteiger partial charge in [-0.1, -0.05) is 23.4 Å². The lowest BCUT2D eigenvalue weighted by molar-refractivity contribution is -0.0327. The molecule has 0 saturated heterocycles. The molecular weight excluding hydrogens is 295 g/mol. The van der Waals surface area contributed by atoms with Gasteiger partial charge in [-0.25, -0.2) is 9.97 Å². The summed E-state index contributed by atoms with van der Waals surface area (Å²) in [5.41, 5.74) is -4.20. The molecule has 0 aliphatic heterocycles. The molecule has 0 amide bonds. The Balaban J connectivity index is 2.44. The second-order valence-electron chi connectivity index (χ2n) is 2.78. The Morgan fingerprint density at radius 3 is 2.71 bits per heavy atom. The molecule has 1 heterocycles. The fraction of sp³-hybridized carbons (Fsp3) is 0.500. The molecule has 0 unspecified atom stereocenters. The normalized spacial score (nSPS) is 11.6. The Labute approximate surface area is 110 Å². The molecule has 9 heteroatoms. The van der Waals surface area contributed by atoms with Gasteiger partial charge in [0.1, 0.15) is 11.0 Å². The summed E-state index contributed by atoms with van der Waals surface area (Å²) in [6.07, 6.45) is 1.79. The third-order valence-electron chi connectivity index (χ3n) is 1.53. The van der Waals surface area contributed by atoms with Crippen molar-refractivity contribution in [1.82, 2.24) is 9.97 Å². The number of alkyl halides is 3. The first-order chi connectivity index (χ1) is 7.90. The summed E-state index contributed by atoms with van der Waals surface area (Å²) in [6.45, 7) is 0.158. The van der Waals surface area contributed by atoms with Crippen LogP contribution in [-0.4, -0.2) is 34.0 Å². The average molecular weight is 304 g/mol. The van der Waals surface area contributed by atoms with Crippen molar-refractivity contribution in [3.8, 4) is 0 Å². The maximum atomic E-state index is 11.8. The summed E-state index contributed by atoms with van der Waals surface area (Å²) in [7, 11) is 0. The van der Waals surface area contributed by atoms with Crippen molar-refractivity contribution < 1.29 is 13.2 Å². The minimum Gasteiger partial charge on any atom is -0.369 e.